The summed E-state index contributed by atoms with van der Waals surface area (Å²) in [5.74, 6) is -0.548. The van der Waals surface area contributed by atoms with Gasteiger partial charge in [0.15, 0.2) is 0 Å². The second-order valence-electron chi connectivity index (χ2n) is 6.95. The third kappa shape index (κ3) is 6.08. The van der Waals surface area contributed by atoms with Crippen LogP contribution in [0.3, 0.4) is 0 Å². The lowest BCUT2D eigenvalue weighted by molar-refractivity contribution is -0.137. The number of benzene rings is 2. The summed E-state index contributed by atoms with van der Waals surface area (Å²) in [7, 11) is 1.34. The zero-order chi connectivity index (χ0) is 20.7. The number of carbonyl (C=O) groups is 2. The number of methoxy groups -OCH3 is 1. The molecule has 0 aliphatic rings. The second-order valence-corrected chi connectivity index (χ2v) is 7.38. The predicted octanol–water partition coefficient (Wildman–Crippen LogP) is 4.55. The van der Waals surface area contributed by atoms with Crippen molar-refractivity contribution >= 4 is 23.5 Å². The zero-order valence-electron chi connectivity index (χ0n) is 16.6. The summed E-state index contributed by atoms with van der Waals surface area (Å²) in [5.41, 5.74) is 2.31. The first-order valence-corrected chi connectivity index (χ1v) is 9.54. The van der Waals surface area contributed by atoms with Gasteiger partial charge in [-0.25, -0.2) is 4.79 Å². The maximum atomic E-state index is 12.7. The SMILES string of the molecule is COC(=O)c1ccc([C@H](C)NC(=O)C(OCc2ccc(Cl)cc2)C(C)C)cc1. The smallest absolute Gasteiger partial charge is 0.337 e. The first kappa shape index (κ1) is 21.9. The van der Waals surface area contributed by atoms with Gasteiger partial charge in [0.05, 0.1) is 25.3 Å². The van der Waals surface area contributed by atoms with E-state index in [-0.39, 0.29) is 17.9 Å². The molecule has 5 nitrogen and oxygen atoms in total. The molecule has 0 saturated heterocycles. The first-order valence-electron chi connectivity index (χ1n) is 9.16. The van der Waals surface area contributed by atoms with Crippen LogP contribution in [0, 0.1) is 5.92 Å². The standard InChI is InChI=1S/C22H26ClNO4/c1-14(2)20(28-13-16-5-11-19(23)12-6-16)21(25)24-15(3)17-7-9-18(10-8-17)22(26)27-4/h5-12,14-15,20H,13H2,1-4H3,(H,24,25)/t15-,20?/m0/s1. The first-order chi connectivity index (χ1) is 13.3. The highest BCUT2D eigenvalue weighted by atomic mass is 35.5. The Hall–Kier alpha value is -2.37. The highest BCUT2D eigenvalue weighted by molar-refractivity contribution is 6.30. The fourth-order valence-electron chi connectivity index (χ4n) is 2.74. The van der Waals surface area contributed by atoms with Gasteiger partial charge >= 0.3 is 5.97 Å². The van der Waals surface area contributed by atoms with Crippen molar-refractivity contribution in [3.8, 4) is 0 Å². The highest BCUT2D eigenvalue weighted by Gasteiger charge is 2.24. The van der Waals surface area contributed by atoms with Crippen LogP contribution in [0.25, 0.3) is 0 Å². The van der Waals surface area contributed by atoms with Crippen molar-refractivity contribution in [1.82, 2.24) is 5.32 Å². The van der Waals surface area contributed by atoms with Gasteiger partial charge in [-0.2, -0.15) is 0 Å². The van der Waals surface area contributed by atoms with Crippen molar-refractivity contribution in [1.29, 1.82) is 0 Å². The fourth-order valence-corrected chi connectivity index (χ4v) is 2.87. The number of esters is 1. The van der Waals surface area contributed by atoms with Gasteiger partial charge < -0.3 is 14.8 Å². The summed E-state index contributed by atoms with van der Waals surface area (Å²) in [4.78, 5) is 24.3. The summed E-state index contributed by atoms with van der Waals surface area (Å²) in [6.45, 7) is 6.11. The molecule has 0 aromatic heterocycles. The highest BCUT2D eigenvalue weighted by Crippen LogP contribution is 2.17. The molecule has 0 saturated carbocycles. The zero-order valence-corrected chi connectivity index (χ0v) is 17.3. The Balaban J connectivity index is 1.98. The quantitative estimate of drug-likeness (QED) is 0.657. The second kappa shape index (κ2) is 10.2. The molecule has 0 aliphatic carbocycles. The van der Waals surface area contributed by atoms with Crippen molar-refractivity contribution < 1.29 is 19.1 Å². The Morgan fingerprint density at radius 2 is 1.61 bits per heavy atom. The average molecular weight is 404 g/mol. The maximum Gasteiger partial charge on any atom is 0.337 e. The Morgan fingerprint density at radius 3 is 2.14 bits per heavy atom. The van der Waals surface area contributed by atoms with Crippen LogP contribution in [-0.4, -0.2) is 25.1 Å². The minimum atomic E-state index is -0.576. The fraction of sp³-hybridized carbons (Fsp3) is 0.364. The number of hydrogen-bond acceptors (Lipinski definition) is 4. The van der Waals surface area contributed by atoms with Crippen molar-refractivity contribution in [3.05, 3.63) is 70.2 Å². The summed E-state index contributed by atoms with van der Waals surface area (Å²) < 4.78 is 10.6. The topological polar surface area (TPSA) is 64.6 Å². The van der Waals surface area contributed by atoms with Crippen LogP contribution >= 0.6 is 11.6 Å². The molecule has 0 spiro atoms. The van der Waals surface area contributed by atoms with Gasteiger partial charge in [-0.15, -0.1) is 0 Å². The molecular weight excluding hydrogens is 378 g/mol. The molecule has 2 aromatic carbocycles. The van der Waals surface area contributed by atoms with E-state index < -0.39 is 12.1 Å². The molecule has 150 valence electrons. The molecule has 2 rings (SSSR count). The summed E-state index contributed by atoms with van der Waals surface area (Å²) >= 11 is 5.90. The van der Waals surface area contributed by atoms with E-state index in [1.807, 2.05) is 32.9 Å². The summed E-state index contributed by atoms with van der Waals surface area (Å²) in [5, 5.41) is 3.65. The third-order valence-corrected chi connectivity index (χ3v) is 4.65. The number of halogens is 1. The van der Waals surface area contributed by atoms with Crippen LogP contribution < -0.4 is 5.32 Å². The number of hydrogen-bond donors (Lipinski definition) is 1. The van der Waals surface area contributed by atoms with Gasteiger partial charge in [0.25, 0.3) is 0 Å². The van der Waals surface area contributed by atoms with E-state index in [1.54, 1.807) is 36.4 Å². The summed E-state index contributed by atoms with van der Waals surface area (Å²) in [6.07, 6.45) is -0.576. The molecule has 1 unspecified atom stereocenters. The van der Waals surface area contributed by atoms with E-state index >= 15 is 0 Å². The van der Waals surface area contributed by atoms with Crippen LogP contribution in [-0.2, 0) is 20.9 Å². The lowest BCUT2D eigenvalue weighted by Gasteiger charge is -2.23. The van der Waals surface area contributed by atoms with E-state index in [9.17, 15) is 9.59 Å². The summed E-state index contributed by atoms with van der Waals surface area (Å²) in [6, 6.07) is 14.1. The molecule has 0 bridgehead atoms. The van der Waals surface area contributed by atoms with Crippen LogP contribution in [0.15, 0.2) is 48.5 Å². The van der Waals surface area contributed by atoms with Crippen LogP contribution in [0.2, 0.25) is 5.02 Å². The Kier molecular flexibility index (Phi) is 8.03. The molecule has 0 heterocycles. The largest absolute Gasteiger partial charge is 0.465 e. The third-order valence-electron chi connectivity index (χ3n) is 4.40. The number of amides is 1. The maximum absolute atomic E-state index is 12.7. The number of ether oxygens (including phenoxy) is 2. The monoisotopic (exact) mass is 403 g/mol. The number of rotatable bonds is 8. The molecule has 1 amide bonds. The normalized spacial score (nSPS) is 13.1. The minimum Gasteiger partial charge on any atom is -0.465 e. The van der Waals surface area contributed by atoms with Gasteiger partial charge in [-0.1, -0.05) is 49.7 Å². The van der Waals surface area contributed by atoms with Gasteiger partial charge in [0.1, 0.15) is 6.10 Å². The van der Waals surface area contributed by atoms with E-state index in [1.165, 1.54) is 7.11 Å². The lowest BCUT2D eigenvalue weighted by atomic mass is 10.0. The number of carbonyl (C=O) groups excluding carboxylic acids is 2. The Bertz CT molecular complexity index is 787. The molecule has 0 fully saturated rings. The minimum absolute atomic E-state index is 0.0150. The molecule has 28 heavy (non-hydrogen) atoms. The van der Waals surface area contributed by atoms with E-state index in [0.717, 1.165) is 11.1 Å². The molecule has 2 atom stereocenters. The Morgan fingerprint density at radius 1 is 1.00 bits per heavy atom. The molecule has 1 N–H and O–H groups in total. The van der Waals surface area contributed by atoms with Crippen LogP contribution in [0.4, 0.5) is 0 Å². The van der Waals surface area contributed by atoms with E-state index in [2.05, 4.69) is 5.32 Å². The van der Waals surface area contributed by atoms with Gasteiger partial charge in [0.2, 0.25) is 5.91 Å². The van der Waals surface area contributed by atoms with Crippen molar-refractivity contribution in [2.24, 2.45) is 5.92 Å². The van der Waals surface area contributed by atoms with Crippen LogP contribution in [0.5, 0.6) is 0 Å². The molecule has 0 aliphatic heterocycles. The molecule has 0 radical (unpaired) electrons. The van der Waals surface area contributed by atoms with Crippen LogP contribution in [0.1, 0.15) is 48.3 Å². The van der Waals surface area contributed by atoms with E-state index in [0.29, 0.717) is 17.2 Å². The molecular formula is C22H26ClNO4. The lowest BCUT2D eigenvalue weighted by Crippen LogP contribution is -2.40. The van der Waals surface area contributed by atoms with Crippen molar-refractivity contribution in [3.63, 3.8) is 0 Å². The van der Waals surface area contributed by atoms with Crippen molar-refractivity contribution in [2.75, 3.05) is 7.11 Å². The molecule has 2 aromatic rings. The Labute approximate surface area is 171 Å². The van der Waals surface area contributed by atoms with Crippen molar-refractivity contribution in [2.45, 2.75) is 39.5 Å². The van der Waals surface area contributed by atoms with Gasteiger partial charge in [0, 0.05) is 5.02 Å². The number of nitrogens with one attached hydrogen (secondary N) is 1. The molecule has 6 heteroatoms. The average Bonchev–Trinajstić information content (AvgIpc) is 2.68. The van der Waals surface area contributed by atoms with E-state index in [4.69, 9.17) is 21.1 Å². The van der Waals surface area contributed by atoms with Gasteiger partial charge in [-0.05, 0) is 48.2 Å². The van der Waals surface area contributed by atoms with Gasteiger partial charge in [-0.3, -0.25) is 4.79 Å². The predicted molar refractivity (Wildman–Crippen MR) is 109 cm³/mol.